The number of nitrogens with one attached hydrogen (secondary N) is 1. The minimum atomic E-state index is 0.322. The van der Waals surface area contributed by atoms with Crippen LogP contribution in [0, 0.1) is 11.8 Å². The minimum Gasteiger partial charge on any atom is -0.466 e. The molecule has 1 heterocycles. The summed E-state index contributed by atoms with van der Waals surface area (Å²) in [5.74, 6) is 1.51. The van der Waals surface area contributed by atoms with Gasteiger partial charge in [0.05, 0.1) is 0 Å². The van der Waals surface area contributed by atoms with Gasteiger partial charge in [-0.15, -0.1) is 5.10 Å². The minimum absolute atomic E-state index is 0.322. The van der Waals surface area contributed by atoms with Gasteiger partial charge in [-0.1, -0.05) is 37.2 Å². The molecule has 108 valence electrons. The van der Waals surface area contributed by atoms with Gasteiger partial charge in [0.1, 0.15) is 11.1 Å². The van der Waals surface area contributed by atoms with Gasteiger partial charge in [0.2, 0.25) is 0 Å². The summed E-state index contributed by atoms with van der Waals surface area (Å²) in [7, 11) is 0. The van der Waals surface area contributed by atoms with Crippen molar-refractivity contribution >= 4 is 11.3 Å². The van der Waals surface area contributed by atoms with Gasteiger partial charge in [0, 0.05) is 6.54 Å². The van der Waals surface area contributed by atoms with Gasteiger partial charge in [0.15, 0.2) is 0 Å². The molecule has 0 aliphatic heterocycles. The highest BCUT2D eigenvalue weighted by Gasteiger charge is 2.26. The zero-order valence-corrected chi connectivity index (χ0v) is 13.0. The highest BCUT2D eigenvalue weighted by Crippen LogP contribution is 2.32. The lowest BCUT2D eigenvalue weighted by Gasteiger charge is -2.30. The summed E-state index contributed by atoms with van der Waals surface area (Å²) in [6, 6.07) is 0. The maximum atomic E-state index is 6.00. The quantitative estimate of drug-likeness (QED) is 0.814. The summed E-state index contributed by atoms with van der Waals surface area (Å²) >= 11 is 1.57. The SMILES string of the molecule is CCCNCc1nnc(OC2CC(C)CC(C)C2)s1. The van der Waals surface area contributed by atoms with E-state index in [9.17, 15) is 0 Å². The van der Waals surface area contributed by atoms with E-state index in [0.29, 0.717) is 6.10 Å². The number of rotatable bonds is 6. The number of ether oxygens (including phenoxy) is 1. The van der Waals surface area contributed by atoms with Crippen molar-refractivity contribution < 1.29 is 4.74 Å². The third-order valence-electron chi connectivity index (χ3n) is 3.55. The smallest absolute Gasteiger partial charge is 0.294 e. The van der Waals surface area contributed by atoms with Crippen molar-refractivity contribution in [2.45, 2.75) is 59.1 Å². The molecule has 19 heavy (non-hydrogen) atoms. The summed E-state index contributed by atoms with van der Waals surface area (Å²) in [5, 5.41) is 13.4. The molecule has 4 nitrogen and oxygen atoms in total. The van der Waals surface area contributed by atoms with E-state index in [4.69, 9.17) is 4.74 Å². The molecule has 0 aromatic carbocycles. The van der Waals surface area contributed by atoms with Crippen molar-refractivity contribution in [3.05, 3.63) is 5.01 Å². The molecular weight excluding hydrogens is 258 g/mol. The molecule has 2 atom stereocenters. The van der Waals surface area contributed by atoms with Crippen molar-refractivity contribution in [3.63, 3.8) is 0 Å². The predicted molar refractivity (Wildman–Crippen MR) is 78.5 cm³/mol. The number of nitrogens with zero attached hydrogens (tertiary/aromatic N) is 2. The van der Waals surface area contributed by atoms with Gasteiger partial charge < -0.3 is 10.1 Å². The normalized spacial score (nSPS) is 27.4. The van der Waals surface area contributed by atoms with E-state index < -0.39 is 0 Å². The zero-order valence-electron chi connectivity index (χ0n) is 12.2. The van der Waals surface area contributed by atoms with E-state index in [1.54, 1.807) is 11.3 Å². The first-order chi connectivity index (χ1) is 9.17. The third-order valence-corrected chi connectivity index (χ3v) is 4.37. The lowest BCUT2D eigenvalue weighted by atomic mass is 9.82. The Morgan fingerprint density at radius 1 is 1.21 bits per heavy atom. The summed E-state index contributed by atoms with van der Waals surface area (Å²) in [5.41, 5.74) is 0. The molecule has 1 fully saturated rings. The molecule has 5 heteroatoms. The number of hydrogen-bond acceptors (Lipinski definition) is 5. The van der Waals surface area contributed by atoms with Gasteiger partial charge in [-0.25, -0.2) is 0 Å². The second-order valence-corrected chi connectivity index (χ2v) is 6.82. The zero-order chi connectivity index (χ0) is 13.7. The van der Waals surface area contributed by atoms with Crippen LogP contribution in [0.25, 0.3) is 0 Å². The molecule has 1 aliphatic carbocycles. The van der Waals surface area contributed by atoms with Crippen LogP contribution in [0.3, 0.4) is 0 Å². The predicted octanol–water partition coefficient (Wildman–Crippen LogP) is 3.24. The van der Waals surface area contributed by atoms with E-state index in [-0.39, 0.29) is 0 Å². The topological polar surface area (TPSA) is 47.0 Å². The molecule has 1 saturated carbocycles. The fourth-order valence-electron chi connectivity index (χ4n) is 2.84. The van der Waals surface area contributed by atoms with Crippen LogP contribution in [0.5, 0.6) is 5.19 Å². The average Bonchev–Trinajstić information content (AvgIpc) is 2.76. The summed E-state index contributed by atoms with van der Waals surface area (Å²) < 4.78 is 6.00. The molecule has 0 amide bonds. The number of aromatic nitrogens is 2. The van der Waals surface area contributed by atoms with Crippen LogP contribution in [0.4, 0.5) is 0 Å². The maximum Gasteiger partial charge on any atom is 0.294 e. The first-order valence-electron chi connectivity index (χ1n) is 7.37. The Kier molecular flexibility index (Phi) is 5.58. The second-order valence-electron chi connectivity index (χ2n) is 5.80. The van der Waals surface area contributed by atoms with Crippen molar-refractivity contribution in [2.24, 2.45) is 11.8 Å². The van der Waals surface area contributed by atoms with Gasteiger partial charge in [-0.2, -0.15) is 0 Å². The summed E-state index contributed by atoms with van der Waals surface area (Å²) in [6.07, 6.45) is 5.08. The summed E-state index contributed by atoms with van der Waals surface area (Å²) in [6.45, 7) is 8.60. The van der Waals surface area contributed by atoms with Crippen molar-refractivity contribution in [3.8, 4) is 5.19 Å². The Balaban J connectivity index is 1.82. The lowest BCUT2D eigenvalue weighted by molar-refractivity contribution is 0.1000. The van der Waals surface area contributed by atoms with Crippen LogP contribution in [0.15, 0.2) is 0 Å². The number of hydrogen-bond donors (Lipinski definition) is 1. The first-order valence-corrected chi connectivity index (χ1v) is 8.18. The summed E-state index contributed by atoms with van der Waals surface area (Å²) in [4.78, 5) is 0. The molecule has 2 unspecified atom stereocenters. The van der Waals surface area contributed by atoms with E-state index in [1.165, 1.54) is 6.42 Å². The largest absolute Gasteiger partial charge is 0.466 e. The molecule has 1 aromatic rings. The Morgan fingerprint density at radius 2 is 1.95 bits per heavy atom. The van der Waals surface area contributed by atoms with Crippen LogP contribution >= 0.6 is 11.3 Å². The van der Waals surface area contributed by atoms with Gasteiger partial charge in [-0.3, -0.25) is 0 Å². The van der Waals surface area contributed by atoms with Crippen LogP contribution in [0.2, 0.25) is 0 Å². The Bertz CT molecular complexity index is 373. The second kappa shape index (κ2) is 7.20. The van der Waals surface area contributed by atoms with E-state index >= 15 is 0 Å². The molecule has 1 N–H and O–H groups in total. The van der Waals surface area contributed by atoms with Crippen molar-refractivity contribution in [1.82, 2.24) is 15.5 Å². The van der Waals surface area contributed by atoms with Gasteiger partial charge in [0.25, 0.3) is 5.19 Å². The molecule has 1 aliphatic rings. The van der Waals surface area contributed by atoms with E-state index in [1.807, 2.05) is 0 Å². The molecule has 0 radical (unpaired) electrons. The molecule has 0 bridgehead atoms. The Hall–Kier alpha value is -0.680. The standard InChI is InChI=1S/C14H25N3OS/c1-4-5-15-9-13-16-17-14(19-13)18-12-7-10(2)6-11(3)8-12/h10-12,15H,4-9H2,1-3H3. The van der Waals surface area contributed by atoms with Crippen LogP contribution in [0.1, 0.15) is 51.5 Å². The lowest BCUT2D eigenvalue weighted by Crippen LogP contribution is -2.28. The van der Waals surface area contributed by atoms with E-state index in [0.717, 1.165) is 54.4 Å². The van der Waals surface area contributed by atoms with E-state index in [2.05, 4.69) is 36.3 Å². The fourth-order valence-corrected chi connectivity index (χ4v) is 3.56. The highest BCUT2D eigenvalue weighted by molar-refractivity contribution is 7.13. The Labute approximate surface area is 120 Å². The molecule has 0 saturated heterocycles. The maximum absolute atomic E-state index is 6.00. The van der Waals surface area contributed by atoms with Gasteiger partial charge in [-0.05, 0) is 44.1 Å². The molecule has 1 aromatic heterocycles. The van der Waals surface area contributed by atoms with Crippen LogP contribution < -0.4 is 10.1 Å². The molecular formula is C14H25N3OS. The van der Waals surface area contributed by atoms with Crippen LogP contribution in [-0.4, -0.2) is 22.8 Å². The molecule has 0 spiro atoms. The monoisotopic (exact) mass is 283 g/mol. The molecule has 2 rings (SSSR count). The van der Waals surface area contributed by atoms with Crippen molar-refractivity contribution in [1.29, 1.82) is 0 Å². The van der Waals surface area contributed by atoms with Crippen molar-refractivity contribution in [2.75, 3.05) is 6.54 Å². The average molecular weight is 283 g/mol. The fraction of sp³-hybridized carbons (Fsp3) is 0.857. The van der Waals surface area contributed by atoms with Gasteiger partial charge >= 0.3 is 0 Å². The highest BCUT2D eigenvalue weighted by atomic mass is 32.1. The third kappa shape index (κ3) is 4.73. The van der Waals surface area contributed by atoms with Crippen LogP contribution in [-0.2, 0) is 6.54 Å². The Morgan fingerprint density at radius 3 is 2.63 bits per heavy atom. The first kappa shape index (κ1) is 14.7.